The number of ether oxygens (including phenoxy) is 1. The Morgan fingerprint density at radius 3 is 2.36 bits per heavy atom. The Morgan fingerprint density at radius 2 is 2.00 bits per heavy atom. The molecule has 11 heavy (non-hydrogen) atoms. The molecule has 0 amide bonds. The lowest BCUT2D eigenvalue weighted by atomic mass is 9.88. The van der Waals surface area contributed by atoms with Crippen LogP contribution in [0.15, 0.2) is 0 Å². The van der Waals surface area contributed by atoms with Crippen LogP contribution in [0, 0.1) is 11.8 Å². The highest BCUT2D eigenvalue weighted by Crippen LogP contribution is 2.23. The summed E-state index contributed by atoms with van der Waals surface area (Å²) in [4.78, 5) is 0. The van der Waals surface area contributed by atoms with Gasteiger partial charge in [0.15, 0.2) is 0 Å². The van der Waals surface area contributed by atoms with Gasteiger partial charge in [-0.3, -0.25) is 0 Å². The van der Waals surface area contributed by atoms with Gasteiger partial charge >= 0.3 is 0 Å². The molecule has 1 fully saturated rings. The van der Waals surface area contributed by atoms with Crippen molar-refractivity contribution in [3.05, 3.63) is 0 Å². The summed E-state index contributed by atoms with van der Waals surface area (Å²) < 4.78 is 5.34. The molecular formula is C10H22O. The van der Waals surface area contributed by atoms with Crippen LogP contribution in [0.1, 0.15) is 40.5 Å². The van der Waals surface area contributed by atoms with Crippen molar-refractivity contribution in [3.63, 3.8) is 0 Å². The zero-order chi connectivity index (χ0) is 8.69. The van der Waals surface area contributed by atoms with E-state index in [0.29, 0.717) is 0 Å². The van der Waals surface area contributed by atoms with Crippen LogP contribution in [0.25, 0.3) is 0 Å². The second kappa shape index (κ2) is 6.66. The van der Waals surface area contributed by atoms with Crippen LogP contribution in [0.5, 0.6) is 0 Å². The molecule has 1 nitrogen and oxygen atoms in total. The zero-order valence-electron chi connectivity index (χ0n) is 8.39. The van der Waals surface area contributed by atoms with Crippen LogP contribution < -0.4 is 0 Å². The number of rotatable bonds is 1. The molecule has 1 rings (SSSR count). The van der Waals surface area contributed by atoms with E-state index in [-0.39, 0.29) is 0 Å². The van der Waals surface area contributed by atoms with Crippen LogP contribution in [0.4, 0.5) is 0 Å². The molecule has 0 radical (unpaired) electrons. The van der Waals surface area contributed by atoms with E-state index in [4.69, 9.17) is 4.74 Å². The lowest BCUT2D eigenvalue weighted by Gasteiger charge is -2.27. The van der Waals surface area contributed by atoms with E-state index in [9.17, 15) is 0 Å². The van der Waals surface area contributed by atoms with E-state index in [1.807, 2.05) is 13.8 Å². The first-order chi connectivity index (χ1) is 5.34. The Hall–Kier alpha value is -0.0400. The van der Waals surface area contributed by atoms with E-state index in [0.717, 1.165) is 25.0 Å². The van der Waals surface area contributed by atoms with Gasteiger partial charge in [-0.25, -0.2) is 0 Å². The van der Waals surface area contributed by atoms with Crippen molar-refractivity contribution in [3.8, 4) is 0 Å². The summed E-state index contributed by atoms with van der Waals surface area (Å²) >= 11 is 0. The Morgan fingerprint density at radius 1 is 1.36 bits per heavy atom. The lowest BCUT2D eigenvalue weighted by Crippen LogP contribution is -2.24. The maximum Gasteiger partial charge on any atom is 0.0496 e. The Kier molecular flexibility index (Phi) is 6.63. The summed E-state index contributed by atoms with van der Waals surface area (Å²) in [6.45, 7) is 10.6. The molecular weight excluding hydrogens is 136 g/mol. The summed E-state index contributed by atoms with van der Waals surface area (Å²) in [5.74, 6) is 1.72. The molecule has 0 aromatic carbocycles. The maximum absolute atomic E-state index is 5.34. The quantitative estimate of drug-likeness (QED) is 0.570. The van der Waals surface area contributed by atoms with Gasteiger partial charge in [-0.1, -0.05) is 34.1 Å². The lowest BCUT2D eigenvalue weighted by molar-refractivity contribution is 0.0214. The fourth-order valence-corrected chi connectivity index (χ4v) is 1.42. The molecule has 0 saturated carbocycles. The minimum Gasteiger partial charge on any atom is -0.381 e. The number of hydrogen-bond donors (Lipinski definition) is 0. The largest absolute Gasteiger partial charge is 0.381 e. The first-order valence-electron chi connectivity index (χ1n) is 4.92. The highest BCUT2D eigenvalue weighted by molar-refractivity contribution is 4.68. The average Bonchev–Trinajstić information content (AvgIpc) is 2.09. The first kappa shape index (κ1) is 11.0. The number of hydrogen-bond acceptors (Lipinski definition) is 1. The highest BCUT2D eigenvalue weighted by atomic mass is 16.5. The van der Waals surface area contributed by atoms with E-state index in [1.165, 1.54) is 12.8 Å². The van der Waals surface area contributed by atoms with Crippen LogP contribution >= 0.6 is 0 Å². The maximum atomic E-state index is 5.34. The molecule has 1 aliphatic heterocycles. The molecule has 0 spiro atoms. The molecule has 0 aromatic heterocycles. The first-order valence-corrected chi connectivity index (χ1v) is 4.92. The van der Waals surface area contributed by atoms with E-state index >= 15 is 0 Å². The van der Waals surface area contributed by atoms with Crippen molar-refractivity contribution in [2.75, 3.05) is 13.2 Å². The van der Waals surface area contributed by atoms with E-state index in [1.54, 1.807) is 0 Å². The van der Waals surface area contributed by atoms with Gasteiger partial charge in [-0.15, -0.1) is 0 Å². The summed E-state index contributed by atoms with van der Waals surface area (Å²) in [5, 5.41) is 0. The predicted molar refractivity (Wildman–Crippen MR) is 49.7 cm³/mol. The standard InChI is InChI=1S/C8H16O.C2H6/c1-3-8-6-9-5-4-7(8)2;1-2/h7-8H,3-6H2,1-2H3;1-2H3. The third-order valence-electron chi connectivity index (χ3n) is 2.38. The third-order valence-corrected chi connectivity index (χ3v) is 2.38. The Bertz CT molecular complexity index is 80.9. The molecule has 2 unspecified atom stereocenters. The molecule has 0 bridgehead atoms. The van der Waals surface area contributed by atoms with Crippen molar-refractivity contribution in [2.45, 2.75) is 40.5 Å². The summed E-state index contributed by atoms with van der Waals surface area (Å²) in [6.07, 6.45) is 2.54. The minimum atomic E-state index is 0.832. The molecule has 1 aliphatic rings. The summed E-state index contributed by atoms with van der Waals surface area (Å²) in [7, 11) is 0. The molecule has 0 aromatic rings. The zero-order valence-corrected chi connectivity index (χ0v) is 8.39. The molecule has 68 valence electrons. The van der Waals surface area contributed by atoms with Crippen LogP contribution in [-0.4, -0.2) is 13.2 Å². The van der Waals surface area contributed by atoms with Crippen LogP contribution in [0.2, 0.25) is 0 Å². The molecule has 1 heterocycles. The van der Waals surface area contributed by atoms with E-state index < -0.39 is 0 Å². The van der Waals surface area contributed by atoms with Gasteiger partial charge in [-0.05, 0) is 18.3 Å². The second-order valence-electron chi connectivity index (χ2n) is 3.01. The van der Waals surface area contributed by atoms with Crippen molar-refractivity contribution >= 4 is 0 Å². The van der Waals surface area contributed by atoms with Gasteiger partial charge < -0.3 is 4.74 Å². The minimum absolute atomic E-state index is 0.832. The summed E-state index contributed by atoms with van der Waals surface area (Å²) in [5.41, 5.74) is 0. The molecule has 1 saturated heterocycles. The topological polar surface area (TPSA) is 9.23 Å². The molecule has 0 N–H and O–H groups in total. The van der Waals surface area contributed by atoms with Gasteiger partial charge in [0.2, 0.25) is 0 Å². The SMILES string of the molecule is CC.CCC1COCCC1C. The fourth-order valence-electron chi connectivity index (χ4n) is 1.42. The average molecular weight is 158 g/mol. The summed E-state index contributed by atoms with van der Waals surface area (Å²) in [6, 6.07) is 0. The molecule has 2 atom stereocenters. The normalized spacial score (nSPS) is 30.5. The second-order valence-corrected chi connectivity index (χ2v) is 3.01. The Balaban J connectivity index is 0.000000461. The molecule has 1 heteroatoms. The van der Waals surface area contributed by atoms with Gasteiger partial charge in [0.05, 0.1) is 0 Å². The monoisotopic (exact) mass is 158 g/mol. The van der Waals surface area contributed by atoms with Crippen molar-refractivity contribution in [1.82, 2.24) is 0 Å². The van der Waals surface area contributed by atoms with Crippen molar-refractivity contribution in [2.24, 2.45) is 11.8 Å². The van der Waals surface area contributed by atoms with Gasteiger partial charge in [0.1, 0.15) is 0 Å². The molecule has 0 aliphatic carbocycles. The van der Waals surface area contributed by atoms with Crippen molar-refractivity contribution < 1.29 is 4.74 Å². The van der Waals surface area contributed by atoms with Crippen LogP contribution in [-0.2, 0) is 4.74 Å². The van der Waals surface area contributed by atoms with E-state index in [2.05, 4.69) is 13.8 Å². The van der Waals surface area contributed by atoms with Gasteiger partial charge in [0.25, 0.3) is 0 Å². The van der Waals surface area contributed by atoms with Crippen LogP contribution in [0.3, 0.4) is 0 Å². The van der Waals surface area contributed by atoms with Crippen molar-refractivity contribution in [1.29, 1.82) is 0 Å². The van der Waals surface area contributed by atoms with Gasteiger partial charge in [0, 0.05) is 13.2 Å². The highest BCUT2D eigenvalue weighted by Gasteiger charge is 2.19. The predicted octanol–water partition coefficient (Wildman–Crippen LogP) is 3.10. The third kappa shape index (κ3) is 3.76. The van der Waals surface area contributed by atoms with Gasteiger partial charge in [-0.2, -0.15) is 0 Å². The Labute approximate surface area is 71.1 Å². The fraction of sp³-hybridized carbons (Fsp3) is 1.00. The smallest absolute Gasteiger partial charge is 0.0496 e.